The van der Waals surface area contributed by atoms with Crippen molar-refractivity contribution < 1.29 is 4.39 Å². The zero-order valence-corrected chi connectivity index (χ0v) is 11.5. The molecule has 0 atom stereocenters. The summed E-state index contributed by atoms with van der Waals surface area (Å²) in [7, 11) is 0. The molecular weight excluding hydrogens is 253 g/mol. The summed E-state index contributed by atoms with van der Waals surface area (Å²) >= 11 is 0. The molecule has 0 amide bonds. The van der Waals surface area contributed by atoms with Crippen LogP contribution in [-0.2, 0) is 6.54 Å². The summed E-state index contributed by atoms with van der Waals surface area (Å²) in [5, 5.41) is 0. The van der Waals surface area contributed by atoms with Crippen molar-refractivity contribution in [2.45, 2.75) is 20.4 Å². The molecule has 2 N–H and O–H groups in total. The molecule has 0 aliphatic rings. The zero-order valence-electron chi connectivity index (χ0n) is 11.5. The van der Waals surface area contributed by atoms with Gasteiger partial charge in [-0.15, -0.1) is 0 Å². The molecule has 3 aromatic rings. The lowest BCUT2D eigenvalue weighted by molar-refractivity contribution is 0.628. The van der Waals surface area contributed by atoms with Gasteiger partial charge in [0.15, 0.2) is 0 Å². The van der Waals surface area contributed by atoms with Crippen molar-refractivity contribution >= 4 is 16.7 Å². The Kier molecular flexibility index (Phi) is 2.93. The van der Waals surface area contributed by atoms with Crippen LogP contribution in [0.3, 0.4) is 0 Å². The molecule has 0 spiro atoms. The Morgan fingerprint density at radius 3 is 2.80 bits per heavy atom. The van der Waals surface area contributed by atoms with Crippen LogP contribution in [0.2, 0.25) is 0 Å². The summed E-state index contributed by atoms with van der Waals surface area (Å²) in [6.45, 7) is 4.70. The van der Waals surface area contributed by atoms with Crippen molar-refractivity contribution in [3.63, 3.8) is 0 Å². The molecule has 0 radical (unpaired) electrons. The van der Waals surface area contributed by atoms with E-state index < -0.39 is 0 Å². The van der Waals surface area contributed by atoms with Gasteiger partial charge in [0.05, 0.1) is 11.0 Å². The molecule has 0 unspecified atom stereocenters. The maximum Gasteiger partial charge on any atom is 0.143 e. The average molecular weight is 269 g/mol. The molecule has 4 heteroatoms. The smallest absolute Gasteiger partial charge is 0.143 e. The molecule has 0 bridgehead atoms. The van der Waals surface area contributed by atoms with Crippen molar-refractivity contribution in [2.24, 2.45) is 0 Å². The first-order valence-corrected chi connectivity index (χ1v) is 6.63. The van der Waals surface area contributed by atoms with E-state index in [0.29, 0.717) is 6.54 Å². The second kappa shape index (κ2) is 4.63. The number of hydrogen-bond donors (Lipinski definition) is 1. The van der Waals surface area contributed by atoms with Gasteiger partial charge < -0.3 is 10.3 Å². The van der Waals surface area contributed by atoms with Crippen LogP contribution in [0, 0.1) is 12.7 Å². The van der Waals surface area contributed by atoms with Gasteiger partial charge in [-0.25, -0.2) is 9.37 Å². The number of nitrogens with zero attached hydrogens (tertiary/aromatic N) is 2. The molecule has 3 nitrogen and oxygen atoms in total. The second-order valence-electron chi connectivity index (χ2n) is 4.85. The normalized spacial score (nSPS) is 11.2. The SMILES string of the molecule is CCn1c(-c2cccc(C)c2N)nc2ccc(F)cc21. The van der Waals surface area contributed by atoms with Crippen LogP contribution >= 0.6 is 0 Å². The van der Waals surface area contributed by atoms with Crippen LogP contribution in [0.1, 0.15) is 12.5 Å². The Labute approximate surface area is 116 Å². The lowest BCUT2D eigenvalue weighted by Crippen LogP contribution is -2.01. The topological polar surface area (TPSA) is 43.8 Å². The van der Waals surface area contributed by atoms with E-state index in [4.69, 9.17) is 5.73 Å². The number of nitrogens with two attached hydrogens (primary N) is 1. The Morgan fingerprint density at radius 1 is 1.25 bits per heavy atom. The fourth-order valence-electron chi connectivity index (χ4n) is 2.50. The van der Waals surface area contributed by atoms with Gasteiger partial charge in [0, 0.05) is 17.8 Å². The van der Waals surface area contributed by atoms with Gasteiger partial charge in [-0.3, -0.25) is 0 Å². The molecule has 0 aliphatic heterocycles. The summed E-state index contributed by atoms with van der Waals surface area (Å²) in [5.74, 6) is 0.533. The minimum atomic E-state index is -0.254. The van der Waals surface area contributed by atoms with Gasteiger partial charge in [0.25, 0.3) is 0 Å². The number of fused-ring (bicyclic) bond motifs is 1. The third-order valence-electron chi connectivity index (χ3n) is 3.59. The zero-order chi connectivity index (χ0) is 14.3. The number of nitrogen functional groups attached to an aromatic ring is 1. The number of hydrogen-bond acceptors (Lipinski definition) is 2. The number of rotatable bonds is 2. The molecule has 0 aliphatic carbocycles. The molecule has 0 fully saturated rings. The predicted octanol–water partition coefficient (Wildman–Crippen LogP) is 3.75. The van der Waals surface area contributed by atoms with Crippen molar-refractivity contribution in [3.05, 3.63) is 47.8 Å². The first kappa shape index (κ1) is 12.7. The monoisotopic (exact) mass is 269 g/mol. The molecule has 0 saturated carbocycles. The highest BCUT2D eigenvalue weighted by atomic mass is 19.1. The number of halogens is 1. The molecule has 2 aromatic carbocycles. The van der Waals surface area contributed by atoms with E-state index in [-0.39, 0.29) is 5.82 Å². The van der Waals surface area contributed by atoms with Crippen LogP contribution in [0.5, 0.6) is 0 Å². The summed E-state index contributed by atoms with van der Waals surface area (Å²) in [6, 6.07) is 10.5. The number of benzene rings is 2. The van der Waals surface area contributed by atoms with Crippen LogP contribution in [0.25, 0.3) is 22.4 Å². The fraction of sp³-hybridized carbons (Fsp3) is 0.188. The highest BCUT2D eigenvalue weighted by Crippen LogP contribution is 2.30. The van der Waals surface area contributed by atoms with Crippen molar-refractivity contribution in [1.29, 1.82) is 0 Å². The standard InChI is InChI=1S/C16H16FN3/c1-3-20-14-9-11(17)7-8-13(14)19-16(20)12-6-4-5-10(2)15(12)18/h4-9H,3,18H2,1-2H3. The van der Waals surface area contributed by atoms with E-state index in [1.807, 2.05) is 36.6 Å². The second-order valence-corrected chi connectivity index (χ2v) is 4.85. The molecule has 0 saturated heterocycles. The van der Waals surface area contributed by atoms with E-state index in [0.717, 1.165) is 33.7 Å². The number of aryl methyl sites for hydroxylation is 2. The van der Waals surface area contributed by atoms with E-state index in [1.54, 1.807) is 6.07 Å². The van der Waals surface area contributed by atoms with Gasteiger partial charge in [-0.2, -0.15) is 0 Å². The van der Waals surface area contributed by atoms with Crippen LogP contribution in [0.15, 0.2) is 36.4 Å². The first-order valence-electron chi connectivity index (χ1n) is 6.63. The summed E-state index contributed by atoms with van der Waals surface area (Å²) in [6.07, 6.45) is 0. The predicted molar refractivity (Wildman–Crippen MR) is 80.0 cm³/mol. The lowest BCUT2D eigenvalue weighted by Gasteiger charge is -2.10. The van der Waals surface area contributed by atoms with E-state index in [1.165, 1.54) is 12.1 Å². The lowest BCUT2D eigenvalue weighted by atomic mass is 10.1. The summed E-state index contributed by atoms with van der Waals surface area (Å²) in [5.41, 5.74) is 10.4. The Hall–Kier alpha value is -2.36. The third-order valence-corrected chi connectivity index (χ3v) is 3.59. The van der Waals surface area contributed by atoms with E-state index >= 15 is 0 Å². The molecule has 20 heavy (non-hydrogen) atoms. The van der Waals surface area contributed by atoms with E-state index in [9.17, 15) is 4.39 Å². The highest BCUT2D eigenvalue weighted by Gasteiger charge is 2.14. The summed E-state index contributed by atoms with van der Waals surface area (Å²) in [4.78, 5) is 4.61. The summed E-state index contributed by atoms with van der Waals surface area (Å²) < 4.78 is 15.4. The molecule has 1 aromatic heterocycles. The Morgan fingerprint density at radius 2 is 2.05 bits per heavy atom. The van der Waals surface area contributed by atoms with Crippen LogP contribution in [-0.4, -0.2) is 9.55 Å². The van der Waals surface area contributed by atoms with Crippen LogP contribution in [0.4, 0.5) is 10.1 Å². The highest BCUT2D eigenvalue weighted by molar-refractivity contribution is 5.84. The van der Waals surface area contributed by atoms with Crippen molar-refractivity contribution in [3.8, 4) is 11.4 Å². The first-order chi connectivity index (χ1) is 9.61. The van der Waals surface area contributed by atoms with Gasteiger partial charge in [-0.1, -0.05) is 12.1 Å². The average Bonchev–Trinajstić information content (AvgIpc) is 2.79. The van der Waals surface area contributed by atoms with Gasteiger partial charge in [-0.05, 0) is 43.7 Å². The Balaban J connectivity index is 2.33. The maximum atomic E-state index is 13.4. The van der Waals surface area contributed by atoms with Crippen LogP contribution < -0.4 is 5.73 Å². The molecule has 1 heterocycles. The van der Waals surface area contributed by atoms with Crippen molar-refractivity contribution in [1.82, 2.24) is 9.55 Å². The van der Waals surface area contributed by atoms with Crippen molar-refractivity contribution in [2.75, 3.05) is 5.73 Å². The van der Waals surface area contributed by atoms with E-state index in [2.05, 4.69) is 4.98 Å². The maximum absolute atomic E-state index is 13.4. The molecule has 3 rings (SSSR count). The minimum Gasteiger partial charge on any atom is -0.398 e. The number of aromatic nitrogens is 2. The number of anilines is 1. The van der Waals surface area contributed by atoms with Gasteiger partial charge >= 0.3 is 0 Å². The van der Waals surface area contributed by atoms with Gasteiger partial charge in [0.2, 0.25) is 0 Å². The minimum absolute atomic E-state index is 0.254. The molecule has 102 valence electrons. The number of imidazole rings is 1. The number of para-hydroxylation sites is 1. The Bertz CT molecular complexity index is 790. The quantitative estimate of drug-likeness (QED) is 0.720. The largest absolute Gasteiger partial charge is 0.398 e. The fourth-order valence-corrected chi connectivity index (χ4v) is 2.50. The van der Waals surface area contributed by atoms with Gasteiger partial charge in [0.1, 0.15) is 11.6 Å². The molecular formula is C16H16FN3. The third kappa shape index (κ3) is 1.84.